The maximum atomic E-state index is 10.9. The van der Waals surface area contributed by atoms with E-state index >= 15 is 0 Å². The van der Waals surface area contributed by atoms with Gasteiger partial charge in [0.1, 0.15) is 0 Å². The van der Waals surface area contributed by atoms with Crippen LogP contribution in [0, 0.1) is 0 Å². The summed E-state index contributed by atoms with van der Waals surface area (Å²) in [5.74, 6) is -0.351. The molecule has 0 bridgehead atoms. The number of nitrogens with zero attached hydrogens (tertiary/aromatic N) is 3. The van der Waals surface area contributed by atoms with Crippen molar-refractivity contribution < 1.29 is 9.90 Å². The number of aromatic nitrogens is 1. The van der Waals surface area contributed by atoms with Gasteiger partial charge in [-0.1, -0.05) is 0 Å². The Kier molecular flexibility index (Phi) is 3.90. The lowest BCUT2D eigenvalue weighted by molar-refractivity contribution is 0.0696. The van der Waals surface area contributed by atoms with Crippen molar-refractivity contribution in [2.75, 3.05) is 37.8 Å². The van der Waals surface area contributed by atoms with Gasteiger partial charge in [-0.2, -0.15) is 0 Å². The summed E-state index contributed by atoms with van der Waals surface area (Å²) in [7, 11) is 4.06. The minimum Gasteiger partial charge on any atom is -0.478 e. The average molecular weight is 264 g/mol. The third-order valence-corrected chi connectivity index (χ3v) is 3.62. The molecule has 0 saturated carbocycles. The monoisotopic (exact) mass is 264 g/mol. The molecule has 2 heterocycles. The Bertz CT molecular complexity index is 478. The van der Waals surface area contributed by atoms with Gasteiger partial charge in [-0.05, 0) is 32.5 Å². The highest BCUT2D eigenvalue weighted by Gasteiger charge is 2.23. The van der Waals surface area contributed by atoms with Crippen molar-refractivity contribution in [2.45, 2.75) is 18.9 Å². The van der Waals surface area contributed by atoms with E-state index in [2.05, 4.69) is 21.8 Å². The van der Waals surface area contributed by atoms with Gasteiger partial charge in [0, 0.05) is 25.8 Å². The van der Waals surface area contributed by atoms with Gasteiger partial charge in [0.15, 0.2) is 5.82 Å². The number of hydrogen-bond acceptors (Lipinski definition) is 5. The van der Waals surface area contributed by atoms with Crippen LogP contribution in [0.3, 0.4) is 0 Å². The van der Waals surface area contributed by atoms with Crippen LogP contribution in [-0.4, -0.2) is 54.2 Å². The number of likely N-dealkylation sites (N-methyl/N-ethyl adjacent to an activating group) is 2. The highest BCUT2D eigenvalue weighted by atomic mass is 16.4. The van der Waals surface area contributed by atoms with Gasteiger partial charge in [0.2, 0.25) is 0 Å². The van der Waals surface area contributed by atoms with Crippen molar-refractivity contribution in [3.8, 4) is 0 Å². The highest BCUT2D eigenvalue weighted by molar-refractivity contribution is 5.89. The molecule has 6 heteroatoms. The molecule has 1 aromatic heterocycles. The number of pyridine rings is 1. The fraction of sp³-hybridized carbons (Fsp3) is 0.538. The fourth-order valence-electron chi connectivity index (χ4n) is 2.51. The van der Waals surface area contributed by atoms with Gasteiger partial charge in [0.05, 0.1) is 11.3 Å². The van der Waals surface area contributed by atoms with E-state index in [1.165, 1.54) is 12.3 Å². The predicted octanol–water partition coefficient (Wildman–Crippen LogP) is 0.892. The van der Waals surface area contributed by atoms with Crippen LogP contribution in [0.15, 0.2) is 12.3 Å². The topological polar surface area (TPSA) is 82.7 Å². The maximum Gasteiger partial charge on any atom is 0.337 e. The molecule has 0 aliphatic carbocycles. The first kappa shape index (κ1) is 13.6. The first-order chi connectivity index (χ1) is 8.99. The van der Waals surface area contributed by atoms with Crippen LogP contribution in [0.1, 0.15) is 23.2 Å². The number of carbonyl (C=O) groups is 1. The molecule has 0 aromatic carbocycles. The second-order valence-corrected chi connectivity index (χ2v) is 5.11. The zero-order valence-corrected chi connectivity index (χ0v) is 11.3. The molecular weight excluding hydrogens is 244 g/mol. The van der Waals surface area contributed by atoms with Gasteiger partial charge in [-0.15, -0.1) is 0 Å². The smallest absolute Gasteiger partial charge is 0.337 e. The largest absolute Gasteiger partial charge is 0.478 e. The minimum absolute atomic E-state index is 0.121. The van der Waals surface area contributed by atoms with E-state index < -0.39 is 5.97 Å². The average Bonchev–Trinajstić information content (AvgIpc) is 2.37. The van der Waals surface area contributed by atoms with Crippen molar-refractivity contribution in [1.82, 2.24) is 9.88 Å². The summed E-state index contributed by atoms with van der Waals surface area (Å²) in [5.41, 5.74) is 6.45. The number of piperidine rings is 1. The summed E-state index contributed by atoms with van der Waals surface area (Å²) >= 11 is 0. The Labute approximate surface area is 112 Å². The zero-order valence-electron chi connectivity index (χ0n) is 11.3. The Morgan fingerprint density at radius 2 is 2.37 bits per heavy atom. The molecule has 2 rings (SSSR count). The van der Waals surface area contributed by atoms with E-state index in [1.54, 1.807) is 0 Å². The van der Waals surface area contributed by atoms with Crippen LogP contribution in [0.2, 0.25) is 0 Å². The summed E-state index contributed by atoms with van der Waals surface area (Å²) in [4.78, 5) is 19.4. The number of hydrogen-bond donors (Lipinski definition) is 2. The van der Waals surface area contributed by atoms with E-state index in [-0.39, 0.29) is 5.56 Å². The Hall–Kier alpha value is -1.82. The quantitative estimate of drug-likeness (QED) is 0.843. The van der Waals surface area contributed by atoms with Crippen LogP contribution in [0.4, 0.5) is 11.5 Å². The second-order valence-electron chi connectivity index (χ2n) is 5.11. The fourth-order valence-corrected chi connectivity index (χ4v) is 2.51. The SMILES string of the molecule is CN1CCCC(N(C)c2ncc(C(=O)O)cc2N)C1. The lowest BCUT2D eigenvalue weighted by atomic mass is 10.0. The van der Waals surface area contributed by atoms with E-state index in [4.69, 9.17) is 10.8 Å². The molecule has 1 aliphatic rings. The summed E-state index contributed by atoms with van der Waals surface area (Å²) in [6.07, 6.45) is 3.61. The van der Waals surface area contributed by atoms with E-state index in [1.807, 2.05) is 7.05 Å². The molecule has 1 unspecified atom stereocenters. The normalized spacial score (nSPS) is 20.2. The Balaban J connectivity index is 2.19. The molecule has 1 atom stereocenters. The first-order valence-corrected chi connectivity index (χ1v) is 6.39. The molecule has 1 aromatic rings. The van der Waals surface area contributed by atoms with Gasteiger partial charge >= 0.3 is 5.97 Å². The summed E-state index contributed by atoms with van der Waals surface area (Å²) in [6, 6.07) is 1.83. The van der Waals surface area contributed by atoms with Crippen molar-refractivity contribution in [2.24, 2.45) is 0 Å². The van der Waals surface area contributed by atoms with Crippen molar-refractivity contribution >= 4 is 17.5 Å². The maximum absolute atomic E-state index is 10.9. The molecule has 0 amide bonds. The van der Waals surface area contributed by atoms with Gasteiger partial charge in [-0.3, -0.25) is 0 Å². The summed E-state index contributed by atoms with van der Waals surface area (Å²) in [6.45, 7) is 2.09. The number of carboxylic acids is 1. The highest BCUT2D eigenvalue weighted by Crippen LogP contribution is 2.25. The standard InChI is InChI=1S/C13H20N4O2/c1-16-5-3-4-10(8-16)17(2)12-11(14)6-9(7-15-12)13(18)19/h6-7,10H,3-5,8,14H2,1-2H3,(H,18,19). The van der Waals surface area contributed by atoms with Crippen molar-refractivity contribution in [1.29, 1.82) is 0 Å². The molecule has 19 heavy (non-hydrogen) atoms. The molecule has 0 spiro atoms. The first-order valence-electron chi connectivity index (χ1n) is 6.39. The van der Waals surface area contributed by atoms with Crippen LogP contribution in [-0.2, 0) is 0 Å². The third kappa shape index (κ3) is 2.96. The minimum atomic E-state index is -1.01. The zero-order chi connectivity index (χ0) is 14.0. The van der Waals surface area contributed by atoms with Crippen molar-refractivity contribution in [3.05, 3.63) is 17.8 Å². The van der Waals surface area contributed by atoms with E-state index in [9.17, 15) is 4.79 Å². The van der Waals surface area contributed by atoms with Crippen LogP contribution >= 0.6 is 0 Å². The molecular formula is C13H20N4O2. The lowest BCUT2D eigenvalue weighted by Crippen LogP contribution is -2.45. The summed E-state index contributed by atoms with van der Waals surface area (Å²) < 4.78 is 0. The van der Waals surface area contributed by atoms with Crippen LogP contribution in [0.5, 0.6) is 0 Å². The number of nitrogen functional groups attached to an aromatic ring is 1. The summed E-state index contributed by atoms with van der Waals surface area (Å²) in [5, 5.41) is 8.91. The van der Waals surface area contributed by atoms with Gasteiger partial charge < -0.3 is 20.6 Å². The number of nitrogens with two attached hydrogens (primary N) is 1. The van der Waals surface area contributed by atoms with Gasteiger partial charge in [-0.25, -0.2) is 9.78 Å². The molecule has 6 nitrogen and oxygen atoms in total. The number of likely N-dealkylation sites (tertiary alicyclic amines) is 1. The predicted molar refractivity (Wildman–Crippen MR) is 74.5 cm³/mol. The lowest BCUT2D eigenvalue weighted by Gasteiger charge is -2.36. The molecule has 1 aliphatic heterocycles. The van der Waals surface area contributed by atoms with Crippen molar-refractivity contribution in [3.63, 3.8) is 0 Å². The molecule has 1 fully saturated rings. The Morgan fingerprint density at radius 3 is 2.95 bits per heavy atom. The third-order valence-electron chi connectivity index (χ3n) is 3.62. The molecule has 0 radical (unpaired) electrons. The molecule has 1 saturated heterocycles. The van der Waals surface area contributed by atoms with E-state index in [0.717, 1.165) is 25.9 Å². The molecule has 104 valence electrons. The number of aromatic carboxylic acids is 1. The van der Waals surface area contributed by atoms with Gasteiger partial charge in [0.25, 0.3) is 0 Å². The van der Waals surface area contributed by atoms with Crippen LogP contribution in [0.25, 0.3) is 0 Å². The van der Waals surface area contributed by atoms with E-state index in [0.29, 0.717) is 17.5 Å². The Morgan fingerprint density at radius 1 is 1.63 bits per heavy atom. The number of anilines is 2. The molecule has 3 N–H and O–H groups in total. The number of carboxylic acid groups (broad SMARTS) is 1. The second kappa shape index (κ2) is 5.44. The van der Waals surface area contributed by atoms with Crippen LogP contribution < -0.4 is 10.6 Å². The number of rotatable bonds is 3.